The van der Waals surface area contributed by atoms with Gasteiger partial charge in [-0.2, -0.15) is 0 Å². The highest BCUT2D eigenvalue weighted by Crippen LogP contribution is 2.30. The van der Waals surface area contributed by atoms with Gasteiger partial charge < -0.3 is 9.13 Å². The lowest BCUT2D eigenvalue weighted by molar-refractivity contribution is 0.984. The monoisotopic (exact) mass is 401 g/mol. The maximum absolute atomic E-state index is 9.44. The summed E-state index contributed by atoms with van der Waals surface area (Å²) in [6.45, 7) is 0. The summed E-state index contributed by atoms with van der Waals surface area (Å²) in [5.41, 5.74) is 4.43. The summed E-state index contributed by atoms with van der Waals surface area (Å²) in [5, 5.41) is 1.57. The Balaban J connectivity index is 1.68. The molecule has 2 nitrogen and oxygen atoms in total. The molecule has 0 bridgehead atoms. The van der Waals surface area contributed by atoms with E-state index in [0.717, 1.165) is 33.2 Å². The highest BCUT2D eigenvalue weighted by molar-refractivity contribution is 5.87. The van der Waals surface area contributed by atoms with Crippen LogP contribution in [0.3, 0.4) is 0 Å². The molecule has 2 heteroatoms. The van der Waals surface area contributed by atoms with Crippen LogP contribution in [0.25, 0.3) is 33.2 Å². The summed E-state index contributed by atoms with van der Waals surface area (Å²) < 4.78 is 31.8. The molecule has 0 amide bonds. The minimum Gasteiger partial charge on any atom is -0.316 e. The highest BCUT2D eigenvalue weighted by Gasteiger charge is 2.15. The number of benzene rings is 4. The second-order valence-corrected chi connectivity index (χ2v) is 7.55. The van der Waals surface area contributed by atoms with Gasteiger partial charge in [-0.05, 0) is 48.0 Å². The average molecular weight is 402 g/mol. The molecule has 0 radical (unpaired) electrons. The van der Waals surface area contributed by atoms with Gasteiger partial charge in [0.2, 0.25) is 0 Å². The number of nitrogens with zero attached hydrogens (tertiary/aromatic N) is 2. The number of hydrogen-bond acceptors (Lipinski definition) is 0. The number of para-hydroxylation sites is 4. The Morgan fingerprint density at radius 3 is 2.03 bits per heavy atom. The van der Waals surface area contributed by atoms with E-state index in [2.05, 4.69) is 0 Å². The molecule has 0 aliphatic heterocycles. The van der Waals surface area contributed by atoms with Crippen molar-refractivity contribution in [2.45, 2.75) is 6.37 Å². The fraction of sp³-hybridized carbons (Fsp3) is 0.0345. The fourth-order valence-corrected chi connectivity index (χ4v) is 4.22. The van der Waals surface area contributed by atoms with Gasteiger partial charge in [0, 0.05) is 43.2 Å². The predicted octanol–water partition coefficient (Wildman–Crippen LogP) is 7.17. The highest BCUT2D eigenvalue weighted by atomic mass is 15.0. The van der Waals surface area contributed by atoms with Crippen LogP contribution in [-0.2, 0) is 6.37 Å². The van der Waals surface area contributed by atoms with Crippen molar-refractivity contribution in [2.75, 3.05) is 0 Å². The number of rotatable bonds is 4. The molecule has 31 heavy (non-hydrogen) atoms. The first-order valence-electron chi connectivity index (χ1n) is 11.9. The Kier molecular flexibility index (Phi) is 3.52. The van der Waals surface area contributed by atoms with Crippen LogP contribution in [0.1, 0.15) is 15.4 Å². The maximum atomic E-state index is 9.44. The molecule has 2 aromatic heterocycles. The van der Waals surface area contributed by atoms with Crippen LogP contribution in [-0.4, -0.2) is 9.13 Å². The average Bonchev–Trinajstić information content (AvgIpc) is 3.42. The van der Waals surface area contributed by atoms with Crippen molar-refractivity contribution >= 4 is 21.8 Å². The molecule has 0 saturated carbocycles. The van der Waals surface area contributed by atoms with Gasteiger partial charge in [-0.1, -0.05) is 72.8 Å². The Morgan fingerprint density at radius 1 is 0.645 bits per heavy atom. The minimum absolute atomic E-state index is 0.209. The van der Waals surface area contributed by atoms with Crippen molar-refractivity contribution in [1.29, 1.82) is 0 Å². The van der Waals surface area contributed by atoms with Crippen LogP contribution >= 0.6 is 0 Å². The Bertz CT molecular complexity index is 1630. The molecular formula is C29H22N2. The molecule has 6 aromatic rings. The molecule has 6 rings (SSSR count). The number of fused-ring (bicyclic) bond motifs is 2. The van der Waals surface area contributed by atoms with E-state index in [0.29, 0.717) is 11.3 Å². The molecule has 0 spiro atoms. The summed E-state index contributed by atoms with van der Waals surface area (Å²) in [7, 11) is 0. The summed E-state index contributed by atoms with van der Waals surface area (Å²) in [6, 6.07) is 35.5. The van der Waals surface area contributed by atoms with Gasteiger partial charge in [-0.25, -0.2) is 0 Å². The normalized spacial score (nSPS) is 13.2. The molecule has 0 N–H and O–H groups in total. The SMILES string of the molecule is [2H]c1c(C([2H])([2H])c2cn(-c3ccccc3)c3ccccc23)n(-c2ccccc2)c2ccccc12. The Labute approximate surface area is 185 Å². The zero-order valence-electron chi connectivity index (χ0n) is 19.9. The van der Waals surface area contributed by atoms with Gasteiger partial charge >= 0.3 is 0 Å². The second kappa shape index (κ2) is 7.33. The second-order valence-electron chi connectivity index (χ2n) is 7.55. The van der Waals surface area contributed by atoms with Crippen LogP contribution in [0, 0.1) is 0 Å². The van der Waals surface area contributed by atoms with Crippen LogP contribution in [0.5, 0.6) is 0 Å². The van der Waals surface area contributed by atoms with Gasteiger partial charge in [0.1, 0.15) is 0 Å². The van der Waals surface area contributed by atoms with Crippen molar-refractivity contribution in [3.05, 3.63) is 133 Å². The lowest BCUT2D eigenvalue weighted by Gasteiger charge is -2.11. The summed E-state index contributed by atoms with van der Waals surface area (Å²) in [5.74, 6) is 0. The largest absolute Gasteiger partial charge is 0.316 e. The predicted molar refractivity (Wildman–Crippen MR) is 129 cm³/mol. The Morgan fingerprint density at radius 2 is 1.26 bits per heavy atom. The maximum Gasteiger partial charge on any atom is 0.0649 e. The lowest BCUT2D eigenvalue weighted by atomic mass is 10.1. The van der Waals surface area contributed by atoms with Crippen molar-refractivity contribution < 1.29 is 4.11 Å². The van der Waals surface area contributed by atoms with Gasteiger partial charge in [0.25, 0.3) is 0 Å². The smallest absolute Gasteiger partial charge is 0.0649 e. The molecule has 0 aliphatic carbocycles. The minimum atomic E-state index is -1.93. The molecular weight excluding hydrogens is 376 g/mol. The quantitative estimate of drug-likeness (QED) is 0.296. The standard InChI is InChI=1S/C29H22N2/c1-3-12-24(13-4-1)30-21-23(27-16-8-10-18-29(27)30)20-26-19-22-11-7-9-17-28(22)31(26)25-14-5-2-6-15-25/h1-19,21H,20H2/i19D,20D2. The third-order valence-corrected chi connectivity index (χ3v) is 5.64. The zero-order chi connectivity index (χ0) is 23.3. The van der Waals surface area contributed by atoms with E-state index in [1.165, 1.54) is 0 Å². The van der Waals surface area contributed by atoms with E-state index in [1.807, 2.05) is 125 Å². The fourth-order valence-electron chi connectivity index (χ4n) is 4.22. The van der Waals surface area contributed by atoms with E-state index in [-0.39, 0.29) is 6.04 Å². The molecule has 0 aliphatic rings. The van der Waals surface area contributed by atoms with Crippen molar-refractivity contribution in [3.63, 3.8) is 0 Å². The van der Waals surface area contributed by atoms with Crippen molar-refractivity contribution in [1.82, 2.24) is 9.13 Å². The van der Waals surface area contributed by atoms with Crippen molar-refractivity contribution in [3.8, 4) is 11.4 Å². The van der Waals surface area contributed by atoms with Gasteiger partial charge in [0.05, 0.1) is 12.4 Å². The molecule has 0 unspecified atom stereocenters. The van der Waals surface area contributed by atoms with E-state index in [4.69, 9.17) is 1.37 Å². The lowest BCUT2D eigenvalue weighted by Crippen LogP contribution is -2.00. The van der Waals surface area contributed by atoms with Gasteiger partial charge in [0.15, 0.2) is 0 Å². The summed E-state index contributed by atoms with van der Waals surface area (Å²) in [6.07, 6.45) is -0.0436. The molecule has 0 atom stereocenters. The molecule has 4 aromatic carbocycles. The number of hydrogen-bond donors (Lipinski definition) is 0. The van der Waals surface area contributed by atoms with E-state index < -0.39 is 6.37 Å². The molecule has 0 fully saturated rings. The zero-order valence-corrected chi connectivity index (χ0v) is 16.9. The van der Waals surface area contributed by atoms with E-state index >= 15 is 0 Å². The number of aromatic nitrogens is 2. The van der Waals surface area contributed by atoms with Gasteiger partial charge in [-0.15, -0.1) is 0 Å². The third-order valence-electron chi connectivity index (χ3n) is 5.64. The van der Waals surface area contributed by atoms with Crippen LogP contribution in [0.15, 0.2) is 121 Å². The summed E-state index contributed by atoms with van der Waals surface area (Å²) in [4.78, 5) is 0. The summed E-state index contributed by atoms with van der Waals surface area (Å²) >= 11 is 0. The van der Waals surface area contributed by atoms with Crippen LogP contribution in [0.2, 0.25) is 0 Å². The molecule has 148 valence electrons. The van der Waals surface area contributed by atoms with Gasteiger partial charge in [-0.3, -0.25) is 0 Å². The van der Waals surface area contributed by atoms with E-state index in [9.17, 15) is 2.74 Å². The topological polar surface area (TPSA) is 9.86 Å². The third kappa shape index (κ3) is 3.04. The van der Waals surface area contributed by atoms with Crippen LogP contribution < -0.4 is 0 Å². The first-order valence-corrected chi connectivity index (χ1v) is 10.4. The first kappa shape index (κ1) is 14.9. The first-order chi connectivity index (χ1) is 16.6. The van der Waals surface area contributed by atoms with E-state index in [1.54, 1.807) is 0 Å². The Hall–Kier alpha value is -4.04. The van der Waals surface area contributed by atoms with Crippen molar-refractivity contribution in [2.24, 2.45) is 0 Å². The van der Waals surface area contributed by atoms with Crippen LogP contribution in [0.4, 0.5) is 0 Å². The molecule has 2 heterocycles. The molecule has 0 saturated heterocycles.